The molecular weight excluding hydrogens is 467 g/mol. The van der Waals surface area contributed by atoms with Gasteiger partial charge in [0.15, 0.2) is 11.0 Å². The van der Waals surface area contributed by atoms with Gasteiger partial charge in [-0.1, -0.05) is 65.3 Å². The maximum Gasteiger partial charge on any atom is 0.234 e. The number of carbonyl (C=O) groups is 1. The van der Waals surface area contributed by atoms with Crippen molar-refractivity contribution in [2.75, 3.05) is 11.1 Å². The zero-order valence-corrected chi connectivity index (χ0v) is 19.8. The van der Waals surface area contributed by atoms with Crippen molar-refractivity contribution in [3.8, 4) is 5.75 Å². The van der Waals surface area contributed by atoms with Crippen LogP contribution in [0, 0.1) is 6.92 Å². The van der Waals surface area contributed by atoms with Gasteiger partial charge in [-0.15, -0.1) is 10.2 Å². The van der Waals surface area contributed by atoms with E-state index in [0.717, 1.165) is 16.7 Å². The molecule has 0 saturated carbocycles. The predicted molar refractivity (Wildman–Crippen MR) is 130 cm³/mol. The highest BCUT2D eigenvalue weighted by Gasteiger charge is 2.13. The van der Waals surface area contributed by atoms with Gasteiger partial charge in [-0.25, -0.2) is 0 Å². The van der Waals surface area contributed by atoms with Gasteiger partial charge in [-0.05, 0) is 47.5 Å². The van der Waals surface area contributed by atoms with Gasteiger partial charge in [0, 0.05) is 12.7 Å². The van der Waals surface area contributed by atoms with Crippen molar-refractivity contribution in [2.45, 2.75) is 18.7 Å². The third-order valence-corrected chi connectivity index (χ3v) is 6.73. The molecule has 164 valence electrons. The predicted octanol–water partition coefficient (Wildman–Crippen LogP) is 5.89. The SMILES string of the molecule is Cc1c(OCc2nnc(SCC(=O)Nc3ccc(Cl)c(Cl)c3)n2C)ccc2ccccc12. The van der Waals surface area contributed by atoms with Crippen molar-refractivity contribution in [3.63, 3.8) is 0 Å². The standard InChI is InChI=1S/C23H20Cl2N4O2S/c1-14-17-6-4-3-5-15(17)7-10-20(14)31-12-21-27-28-23(29(21)2)32-13-22(30)26-16-8-9-18(24)19(25)11-16/h3-11H,12-13H2,1-2H3,(H,26,30). The highest BCUT2D eigenvalue weighted by atomic mass is 35.5. The van der Waals surface area contributed by atoms with Crippen molar-refractivity contribution in [1.82, 2.24) is 14.8 Å². The Hall–Kier alpha value is -2.74. The van der Waals surface area contributed by atoms with Gasteiger partial charge in [0.25, 0.3) is 0 Å². The van der Waals surface area contributed by atoms with Gasteiger partial charge >= 0.3 is 0 Å². The second-order valence-corrected chi connectivity index (χ2v) is 8.88. The van der Waals surface area contributed by atoms with E-state index in [4.69, 9.17) is 27.9 Å². The number of fused-ring (bicyclic) bond motifs is 1. The zero-order chi connectivity index (χ0) is 22.7. The average molecular weight is 487 g/mol. The Morgan fingerprint density at radius 3 is 2.72 bits per heavy atom. The normalized spacial score (nSPS) is 11.0. The monoisotopic (exact) mass is 486 g/mol. The molecule has 32 heavy (non-hydrogen) atoms. The summed E-state index contributed by atoms with van der Waals surface area (Å²) in [7, 11) is 1.85. The first-order valence-electron chi connectivity index (χ1n) is 9.79. The van der Waals surface area contributed by atoms with Crippen LogP contribution in [0.4, 0.5) is 5.69 Å². The summed E-state index contributed by atoms with van der Waals surface area (Å²) < 4.78 is 7.84. The van der Waals surface area contributed by atoms with E-state index in [1.807, 2.05) is 42.8 Å². The van der Waals surface area contributed by atoms with Crippen molar-refractivity contribution in [1.29, 1.82) is 0 Å². The molecule has 0 aliphatic heterocycles. The molecule has 0 atom stereocenters. The Morgan fingerprint density at radius 2 is 1.91 bits per heavy atom. The maximum atomic E-state index is 12.3. The van der Waals surface area contributed by atoms with Crippen LogP contribution in [0.25, 0.3) is 10.8 Å². The number of aryl methyl sites for hydroxylation is 1. The first-order chi connectivity index (χ1) is 15.4. The van der Waals surface area contributed by atoms with Crippen LogP contribution >= 0.6 is 35.0 Å². The maximum absolute atomic E-state index is 12.3. The van der Waals surface area contributed by atoms with E-state index < -0.39 is 0 Å². The molecule has 6 nitrogen and oxygen atoms in total. The van der Waals surface area contributed by atoms with Crippen LogP contribution < -0.4 is 10.1 Å². The van der Waals surface area contributed by atoms with Crippen LogP contribution in [0.1, 0.15) is 11.4 Å². The van der Waals surface area contributed by atoms with Gasteiger partial charge < -0.3 is 14.6 Å². The number of rotatable bonds is 7. The molecule has 4 rings (SSSR count). The number of amides is 1. The average Bonchev–Trinajstić information content (AvgIpc) is 3.14. The molecule has 0 saturated heterocycles. The fraction of sp³-hybridized carbons (Fsp3) is 0.174. The number of benzene rings is 3. The minimum atomic E-state index is -0.180. The van der Waals surface area contributed by atoms with Gasteiger partial charge in [0.1, 0.15) is 12.4 Å². The highest BCUT2D eigenvalue weighted by molar-refractivity contribution is 7.99. The fourth-order valence-electron chi connectivity index (χ4n) is 3.20. The van der Waals surface area contributed by atoms with Crippen LogP contribution in [0.5, 0.6) is 5.75 Å². The quantitative estimate of drug-likeness (QED) is 0.329. The Morgan fingerprint density at radius 1 is 1.09 bits per heavy atom. The molecule has 3 aromatic carbocycles. The molecule has 0 aliphatic rings. The van der Waals surface area contributed by atoms with Crippen LogP contribution in [0.2, 0.25) is 10.0 Å². The molecule has 9 heteroatoms. The smallest absolute Gasteiger partial charge is 0.234 e. The number of nitrogens with zero attached hydrogens (tertiary/aromatic N) is 3. The zero-order valence-electron chi connectivity index (χ0n) is 17.4. The van der Waals surface area contributed by atoms with E-state index in [-0.39, 0.29) is 18.3 Å². The number of carbonyl (C=O) groups excluding carboxylic acids is 1. The molecule has 0 spiro atoms. The molecule has 1 N–H and O–H groups in total. The van der Waals surface area contributed by atoms with Crippen molar-refractivity contribution in [2.24, 2.45) is 7.05 Å². The number of nitrogens with one attached hydrogen (secondary N) is 1. The second-order valence-electron chi connectivity index (χ2n) is 7.12. The molecule has 4 aromatic rings. The third-order valence-electron chi connectivity index (χ3n) is 4.97. The number of thioether (sulfide) groups is 1. The van der Waals surface area contributed by atoms with Gasteiger partial charge in [0.05, 0.1) is 15.8 Å². The fourth-order valence-corrected chi connectivity index (χ4v) is 4.23. The van der Waals surface area contributed by atoms with Crippen molar-refractivity contribution < 1.29 is 9.53 Å². The third kappa shape index (κ3) is 5.01. The number of hydrogen-bond acceptors (Lipinski definition) is 5. The summed E-state index contributed by atoms with van der Waals surface area (Å²) in [5.74, 6) is 1.48. The Labute approximate surface area is 199 Å². The topological polar surface area (TPSA) is 69.0 Å². The molecular formula is C23H20Cl2N4O2S. The van der Waals surface area contributed by atoms with Crippen molar-refractivity contribution in [3.05, 3.63) is 76.0 Å². The molecule has 0 unspecified atom stereocenters. The number of anilines is 1. The van der Waals surface area contributed by atoms with E-state index in [1.165, 1.54) is 17.1 Å². The largest absolute Gasteiger partial charge is 0.485 e. The van der Waals surface area contributed by atoms with Gasteiger partial charge in [-0.3, -0.25) is 4.79 Å². The molecule has 1 aromatic heterocycles. The summed E-state index contributed by atoms with van der Waals surface area (Å²) in [6, 6.07) is 17.2. The lowest BCUT2D eigenvalue weighted by atomic mass is 10.0. The summed E-state index contributed by atoms with van der Waals surface area (Å²) in [6.07, 6.45) is 0. The van der Waals surface area contributed by atoms with E-state index >= 15 is 0 Å². The Kier molecular flexibility index (Phi) is 6.89. The lowest BCUT2D eigenvalue weighted by Crippen LogP contribution is -2.14. The van der Waals surface area contributed by atoms with E-state index in [9.17, 15) is 4.79 Å². The first kappa shape index (κ1) is 22.5. The Balaban J connectivity index is 1.35. The highest BCUT2D eigenvalue weighted by Crippen LogP contribution is 2.28. The van der Waals surface area contributed by atoms with Crippen LogP contribution in [-0.2, 0) is 18.4 Å². The minimum absolute atomic E-state index is 0.177. The second kappa shape index (κ2) is 9.81. The number of aromatic nitrogens is 3. The van der Waals surface area contributed by atoms with Crippen LogP contribution in [0.3, 0.4) is 0 Å². The summed E-state index contributed by atoms with van der Waals surface area (Å²) in [5, 5.41) is 15.0. The molecule has 0 aliphatic carbocycles. The van der Waals surface area contributed by atoms with Gasteiger partial charge in [0.2, 0.25) is 5.91 Å². The van der Waals surface area contributed by atoms with E-state index in [2.05, 4.69) is 27.6 Å². The summed E-state index contributed by atoms with van der Waals surface area (Å²) in [6.45, 7) is 2.32. The van der Waals surface area contributed by atoms with Gasteiger partial charge in [-0.2, -0.15) is 0 Å². The van der Waals surface area contributed by atoms with Crippen LogP contribution in [0.15, 0.2) is 59.8 Å². The number of ether oxygens (including phenoxy) is 1. The summed E-state index contributed by atoms with van der Waals surface area (Å²) in [5.41, 5.74) is 1.67. The van der Waals surface area contributed by atoms with Crippen molar-refractivity contribution >= 4 is 57.3 Å². The number of hydrogen-bond donors (Lipinski definition) is 1. The van der Waals surface area contributed by atoms with E-state index in [0.29, 0.717) is 26.7 Å². The van der Waals surface area contributed by atoms with E-state index in [1.54, 1.807) is 18.2 Å². The molecule has 0 fully saturated rings. The Bertz CT molecular complexity index is 1290. The van der Waals surface area contributed by atoms with Crippen LogP contribution in [-0.4, -0.2) is 26.4 Å². The lowest BCUT2D eigenvalue weighted by molar-refractivity contribution is -0.113. The first-order valence-corrected chi connectivity index (χ1v) is 11.5. The molecule has 0 bridgehead atoms. The summed E-state index contributed by atoms with van der Waals surface area (Å²) >= 11 is 13.2. The lowest BCUT2D eigenvalue weighted by Gasteiger charge is -2.11. The molecule has 1 heterocycles. The summed E-state index contributed by atoms with van der Waals surface area (Å²) in [4.78, 5) is 12.3. The minimum Gasteiger partial charge on any atom is -0.485 e. The molecule has 1 amide bonds. The molecule has 0 radical (unpaired) electrons. The number of halogens is 2.